The van der Waals surface area contributed by atoms with Crippen LogP contribution in [-0.4, -0.2) is 53.0 Å². The van der Waals surface area contributed by atoms with Gasteiger partial charge >= 0.3 is 6.18 Å². The fourth-order valence-electron chi connectivity index (χ4n) is 3.96. The summed E-state index contributed by atoms with van der Waals surface area (Å²) < 4.78 is 75.1. The van der Waals surface area contributed by atoms with Crippen molar-refractivity contribution in [1.82, 2.24) is 19.4 Å². The largest absolute Gasteiger partial charge is 0.479 e. The quantitative estimate of drug-likeness (QED) is 0.256. The normalized spacial score (nSPS) is 13.3. The molecule has 4 rings (SSSR count). The predicted molar refractivity (Wildman–Crippen MR) is 136 cm³/mol. The number of benzene rings is 1. The van der Waals surface area contributed by atoms with Crippen LogP contribution in [0.2, 0.25) is 0 Å². The lowest BCUT2D eigenvalue weighted by Gasteiger charge is -2.15. The average Bonchev–Trinajstić information content (AvgIpc) is 3.53. The Kier molecular flexibility index (Phi) is 11.4. The maximum atomic E-state index is 14.4. The fourth-order valence-corrected chi connectivity index (χ4v) is 3.96. The van der Waals surface area contributed by atoms with Gasteiger partial charge in [-0.2, -0.15) is 13.2 Å². The molecule has 1 fully saturated rings. The molecule has 0 saturated carbocycles. The number of aromatic nitrogens is 3. The number of imidazole rings is 1. The molecule has 1 aromatic carbocycles. The van der Waals surface area contributed by atoms with Gasteiger partial charge in [0, 0.05) is 11.6 Å². The first-order valence-corrected chi connectivity index (χ1v) is 12.4. The van der Waals surface area contributed by atoms with Crippen LogP contribution in [0.4, 0.5) is 22.0 Å². The highest BCUT2D eigenvalue weighted by atomic mass is 19.4. The molecule has 0 aliphatic carbocycles. The number of hydrogen-bond donors (Lipinski definition) is 0. The van der Waals surface area contributed by atoms with Crippen LogP contribution in [0, 0.1) is 11.6 Å². The summed E-state index contributed by atoms with van der Waals surface area (Å²) in [4.78, 5) is 21.1. The van der Waals surface area contributed by atoms with Crippen LogP contribution in [0.3, 0.4) is 0 Å². The average molecular weight is 541 g/mol. The van der Waals surface area contributed by atoms with E-state index in [4.69, 9.17) is 0 Å². The van der Waals surface area contributed by atoms with E-state index in [1.54, 1.807) is 0 Å². The maximum absolute atomic E-state index is 14.4. The molecule has 208 valence electrons. The Labute approximate surface area is 219 Å². The van der Waals surface area contributed by atoms with Crippen LogP contribution in [0.25, 0.3) is 17.1 Å². The lowest BCUT2D eigenvalue weighted by molar-refractivity contribution is -0.142. The minimum Gasteiger partial charge on any atom is -0.479 e. The number of aldehydes is 1. The summed E-state index contributed by atoms with van der Waals surface area (Å²) in [6.07, 6.45) is -0.168. The molecule has 6 nitrogen and oxygen atoms in total. The van der Waals surface area contributed by atoms with Gasteiger partial charge in [-0.15, -0.1) is 0 Å². The van der Waals surface area contributed by atoms with Crippen LogP contribution >= 0.6 is 0 Å². The Balaban J connectivity index is 0.000000548. The first-order valence-electron chi connectivity index (χ1n) is 12.4. The second-order valence-corrected chi connectivity index (χ2v) is 8.37. The Morgan fingerprint density at radius 1 is 1.08 bits per heavy atom. The molecule has 0 bridgehead atoms. The standard InChI is InChI=1S/C20H16F5N3O2.C5H11N.C2H6/c1-3-4-11-5-6-12(7-14(11)21)18-27-16(10-29)17(20(23,24)25)28(18)13-8-15(22)19(30-2)26-9-13;1-6-4-2-3-5-6;1-2/h5-10H,3-4H2,1-2H3;2-5H2,1H3;1-2H3. The number of hydrogen-bond acceptors (Lipinski definition) is 5. The maximum Gasteiger partial charge on any atom is 0.434 e. The summed E-state index contributed by atoms with van der Waals surface area (Å²) in [5.41, 5.74) is -2.30. The summed E-state index contributed by atoms with van der Waals surface area (Å²) >= 11 is 0. The molecule has 0 amide bonds. The molecule has 1 saturated heterocycles. The number of halogens is 5. The number of likely N-dealkylation sites (tertiary alicyclic amines) is 1. The van der Waals surface area contributed by atoms with Gasteiger partial charge in [-0.05, 0) is 51.0 Å². The van der Waals surface area contributed by atoms with Crippen molar-refractivity contribution in [3.05, 3.63) is 59.0 Å². The molecule has 38 heavy (non-hydrogen) atoms. The van der Waals surface area contributed by atoms with E-state index in [0.29, 0.717) is 23.0 Å². The summed E-state index contributed by atoms with van der Waals surface area (Å²) in [7, 11) is 3.33. The molecule has 0 N–H and O–H groups in total. The number of carbonyl (C=O) groups is 1. The highest BCUT2D eigenvalue weighted by Crippen LogP contribution is 2.37. The molecule has 11 heteroatoms. The Morgan fingerprint density at radius 3 is 2.18 bits per heavy atom. The van der Waals surface area contributed by atoms with Crippen LogP contribution in [0.1, 0.15) is 61.8 Å². The van der Waals surface area contributed by atoms with Gasteiger partial charge in [0.1, 0.15) is 17.3 Å². The molecule has 0 unspecified atom stereocenters. The van der Waals surface area contributed by atoms with Crippen molar-refractivity contribution in [2.24, 2.45) is 0 Å². The van der Waals surface area contributed by atoms with Gasteiger partial charge in [0.2, 0.25) is 5.88 Å². The van der Waals surface area contributed by atoms with E-state index in [1.165, 1.54) is 38.1 Å². The Bertz CT molecular complexity index is 1200. The summed E-state index contributed by atoms with van der Waals surface area (Å²) in [6.45, 7) is 8.50. The monoisotopic (exact) mass is 540 g/mol. The van der Waals surface area contributed by atoms with Gasteiger partial charge in [0.15, 0.2) is 17.8 Å². The zero-order valence-corrected chi connectivity index (χ0v) is 22.2. The van der Waals surface area contributed by atoms with Crippen molar-refractivity contribution < 1.29 is 31.5 Å². The highest BCUT2D eigenvalue weighted by Gasteiger charge is 2.40. The van der Waals surface area contributed by atoms with Crippen molar-refractivity contribution in [3.8, 4) is 23.0 Å². The molecule has 2 aromatic heterocycles. The Morgan fingerprint density at radius 2 is 1.74 bits per heavy atom. The third-order valence-electron chi connectivity index (χ3n) is 5.69. The van der Waals surface area contributed by atoms with E-state index in [-0.39, 0.29) is 23.4 Å². The molecule has 0 spiro atoms. The molecule has 1 aliphatic rings. The van der Waals surface area contributed by atoms with Crippen molar-refractivity contribution in [2.75, 3.05) is 27.2 Å². The smallest absolute Gasteiger partial charge is 0.434 e. The third-order valence-corrected chi connectivity index (χ3v) is 5.69. The van der Waals surface area contributed by atoms with Gasteiger partial charge in [-0.1, -0.05) is 39.3 Å². The SMILES string of the molecule is CC.CCCc1ccc(-c2nc(C=O)c(C(F)(F)F)n2-c2cnc(OC)c(F)c2)cc1F.CN1CCCC1. The summed E-state index contributed by atoms with van der Waals surface area (Å²) in [5, 5.41) is 0. The van der Waals surface area contributed by atoms with Crippen molar-refractivity contribution in [1.29, 1.82) is 0 Å². The van der Waals surface area contributed by atoms with Crippen LogP contribution in [-0.2, 0) is 12.6 Å². The van der Waals surface area contributed by atoms with E-state index in [2.05, 4.69) is 26.7 Å². The van der Waals surface area contributed by atoms with E-state index < -0.39 is 35.1 Å². The minimum atomic E-state index is -5.00. The third kappa shape index (κ3) is 7.37. The zero-order chi connectivity index (χ0) is 28.5. The van der Waals surface area contributed by atoms with Gasteiger partial charge in [-0.3, -0.25) is 9.36 Å². The first-order chi connectivity index (χ1) is 18.1. The summed E-state index contributed by atoms with van der Waals surface area (Å²) in [5.74, 6) is -2.43. The van der Waals surface area contributed by atoms with E-state index in [1.807, 2.05) is 20.8 Å². The lowest BCUT2D eigenvalue weighted by Crippen LogP contribution is -2.15. The number of pyridine rings is 1. The number of aryl methyl sites for hydroxylation is 1. The first kappa shape index (κ1) is 30.9. The van der Waals surface area contributed by atoms with Crippen LogP contribution in [0.5, 0.6) is 5.88 Å². The molecule has 3 heterocycles. The molecular weight excluding hydrogens is 507 g/mol. The summed E-state index contributed by atoms with van der Waals surface area (Å²) in [6, 6.07) is 4.64. The lowest BCUT2D eigenvalue weighted by atomic mass is 10.1. The number of carbonyl (C=O) groups excluding carboxylic acids is 1. The van der Waals surface area contributed by atoms with Gasteiger partial charge < -0.3 is 9.64 Å². The molecule has 0 radical (unpaired) electrons. The van der Waals surface area contributed by atoms with Gasteiger partial charge in [-0.25, -0.2) is 18.7 Å². The van der Waals surface area contributed by atoms with Gasteiger partial charge in [0.25, 0.3) is 0 Å². The fraction of sp³-hybridized carbons (Fsp3) is 0.444. The Hall–Kier alpha value is -3.34. The van der Waals surface area contributed by atoms with E-state index in [0.717, 1.165) is 25.4 Å². The minimum absolute atomic E-state index is 0.0119. The van der Waals surface area contributed by atoms with Gasteiger partial charge in [0.05, 0.1) is 19.0 Å². The van der Waals surface area contributed by atoms with Crippen LogP contribution in [0.15, 0.2) is 30.5 Å². The van der Waals surface area contributed by atoms with Crippen LogP contribution < -0.4 is 4.74 Å². The molecule has 3 aromatic rings. The van der Waals surface area contributed by atoms with E-state index in [9.17, 15) is 26.7 Å². The number of nitrogens with zero attached hydrogens (tertiary/aromatic N) is 4. The number of methoxy groups -OCH3 is 1. The van der Waals surface area contributed by atoms with Crippen molar-refractivity contribution >= 4 is 6.29 Å². The second-order valence-electron chi connectivity index (χ2n) is 8.37. The number of rotatable bonds is 6. The predicted octanol–water partition coefficient (Wildman–Crippen LogP) is 6.74. The van der Waals surface area contributed by atoms with E-state index >= 15 is 0 Å². The van der Waals surface area contributed by atoms with Crippen molar-refractivity contribution in [2.45, 2.75) is 52.6 Å². The topological polar surface area (TPSA) is 60.3 Å². The number of alkyl halides is 3. The molecule has 1 aliphatic heterocycles. The van der Waals surface area contributed by atoms with Crippen molar-refractivity contribution in [3.63, 3.8) is 0 Å². The molecular formula is C27H33F5N4O2. The zero-order valence-electron chi connectivity index (χ0n) is 22.2. The highest BCUT2D eigenvalue weighted by molar-refractivity contribution is 5.77. The second kappa shape index (κ2) is 14.0. The molecule has 0 atom stereocenters. The number of ether oxygens (including phenoxy) is 1.